The summed E-state index contributed by atoms with van der Waals surface area (Å²) in [6, 6.07) is 20.8. The lowest BCUT2D eigenvalue weighted by Crippen LogP contribution is -2.15. The Morgan fingerprint density at radius 2 is 1.97 bits per heavy atom. The third-order valence-corrected chi connectivity index (χ3v) is 5.46. The molecule has 32 heavy (non-hydrogen) atoms. The summed E-state index contributed by atoms with van der Waals surface area (Å²) in [4.78, 5) is 12.8. The molecule has 0 aliphatic heterocycles. The van der Waals surface area contributed by atoms with Gasteiger partial charge in [-0.1, -0.05) is 24.3 Å². The second-order valence-electron chi connectivity index (χ2n) is 7.56. The number of amides is 1. The molecule has 158 valence electrons. The van der Waals surface area contributed by atoms with Crippen molar-refractivity contribution < 1.29 is 13.9 Å². The standard InChI is InChI=1S/C25H20N4O3/c26-14-19-15-27-29(20-7-2-1-3-8-20)24(19)28-25(30)23-12-11-22(32-23)16-31-21-10-9-17-5-4-6-18(17)13-21/h1-3,7-13,15H,4-6,16H2,(H,28,30). The highest BCUT2D eigenvalue weighted by molar-refractivity contribution is 6.02. The van der Waals surface area contributed by atoms with E-state index in [4.69, 9.17) is 9.15 Å². The van der Waals surface area contributed by atoms with Crippen molar-refractivity contribution in [3.63, 3.8) is 0 Å². The number of hydrogen-bond acceptors (Lipinski definition) is 5. The van der Waals surface area contributed by atoms with Crippen LogP contribution in [0.1, 0.15) is 39.4 Å². The fourth-order valence-electron chi connectivity index (χ4n) is 3.85. The van der Waals surface area contributed by atoms with Crippen LogP contribution in [0.15, 0.2) is 71.3 Å². The van der Waals surface area contributed by atoms with E-state index < -0.39 is 5.91 Å². The van der Waals surface area contributed by atoms with Crippen LogP contribution in [0.25, 0.3) is 5.69 Å². The van der Waals surface area contributed by atoms with Crippen LogP contribution in [-0.4, -0.2) is 15.7 Å². The molecule has 2 aromatic heterocycles. The Balaban J connectivity index is 1.29. The van der Waals surface area contributed by atoms with Crippen LogP contribution < -0.4 is 10.1 Å². The monoisotopic (exact) mass is 424 g/mol. The summed E-state index contributed by atoms with van der Waals surface area (Å²) < 4.78 is 13.0. The number of aromatic nitrogens is 2. The zero-order valence-corrected chi connectivity index (χ0v) is 17.2. The molecule has 7 heteroatoms. The first kappa shape index (κ1) is 19.6. The van der Waals surface area contributed by atoms with Crippen molar-refractivity contribution in [3.8, 4) is 17.5 Å². The molecule has 0 radical (unpaired) electrons. The molecule has 0 atom stereocenters. The van der Waals surface area contributed by atoms with Crippen molar-refractivity contribution in [1.82, 2.24) is 9.78 Å². The Bertz CT molecular complexity index is 1310. The second kappa shape index (κ2) is 8.44. The number of nitrogens with zero attached hydrogens (tertiary/aromatic N) is 3. The average Bonchev–Trinajstić information content (AvgIpc) is 3.57. The minimum Gasteiger partial charge on any atom is -0.486 e. The molecule has 0 spiro atoms. The lowest BCUT2D eigenvalue weighted by Gasteiger charge is -2.09. The second-order valence-corrected chi connectivity index (χ2v) is 7.56. The summed E-state index contributed by atoms with van der Waals surface area (Å²) in [6.45, 7) is 0.220. The van der Waals surface area contributed by atoms with E-state index in [1.165, 1.54) is 28.4 Å². The number of benzene rings is 2. The minimum atomic E-state index is -0.469. The number of nitriles is 1. The molecule has 4 aromatic rings. The molecule has 1 aliphatic rings. The van der Waals surface area contributed by atoms with Gasteiger partial charge in [0.1, 0.15) is 29.7 Å². The maximum Gasteiger partial charge on any atom is 0.292 e. The predicted molar refractivity (Wildman–Crippen MR) is 118 cm³/mol. The number of nitrogens with one attached hydrogen (secondary N) is 1. The van der Waals surface area contributed by atoms with E-state index in [0.29, 0.717) is 5.76 Å². The summed E-state index contributed by atoms with van der Waals surface area (Å²) in [6.07, 6.45) is 4.82. The number of furan rings is 1. The van der Waals surface area contributed by atoms with Gasteiger partial charge >= 0.3 is 0 Å². The number of para-hydroxylation sites is 1. The van der Waals surface area contributed by atoms with Gasteiger partial charge in [-0.3, -0.25) is 4.79 Å². The lowest BCUT2D eigenvalue weighted by molar-refractivity contribution is 0.0992. The maximum atomic E-state index is 12.8. The van der Waals surface area contributed by atoms with Crippen LogP contribution in [0.3, 0.4) is 0 Å². The van der Waals surface area contributed by atoms with Gasteiger partial charge in [0.05, 0.1) is 11.9 Å². The van der Waals surface area contributed by atoms with Crippen molar-refractivity contribution in [1.29, 1.82) is 5.26 Å². The quantitative estimate of drug-likeness (QED) is 0.486. The number of fused-ring (bicyclic) bond motifs is 1. The molecule has 2 heterocycles. The van der Waals surface area contributed by atoms with E-state index in [1.807, 2.05) is 36.4 Å². The average molecular weight is 424 g/mol. The van der Waals surface area contributed by atoms with Crippen LogP contribution in [0.5, 0.6) is 5.75 Å². The molecule has 0 fully saturated rings. The molecule has 0 saturated heterocycles. The van der Waals surface area contributed by atoms with Gasteiger partial charge in [0, 0.05) is 0 Å². The first-order chi connectivity index (χ1) is 15.7. The van der Waals surface area contributed by atoms with E-state index in [0.717, 1.165) is 24.3 Å². The number of carbonyl (C=O) groups excluding carboxylic acids is 1. The zero-order valence-electron chi connectivity index (χ0n) is 17.2. The molecule has 1 amide bonds. The first-order valence-corrected chi connectivity index (χ1v) is 10.4. The molecule has 0 unspecified atom stereocenters. The van der Waals surface area contributed by atoms with Gasteiger partial charge < -0.3 is 14.5 Å². The summed E-state index contributed by atoms with van der Waals surface area (Å²) >= 11 is 0. The van der Waals surface area contributed by atoms with Gasteiger partial charge in [-0.25, -0.2) is 4.68 Å². The highest BCUT2D eigenvalue weighted by Crippen LogP contribution is 2.27. The Hall–Kier alpha value is -4.31. The van der Waals surface area contributed by atoms with Gasteiger partial charge in [-0.15, -0.1) is 0 Å². The van der Waals surface area contributed by atoms with E-state index >= 15 is 0 Å². The molecule has 5 rings (SSSR count). The molecular weight excluding hydrogens is 404 g/mol. The highest BCUT2D eigenvalue weighted by Gasteiger charge is 2.19. The van der Waals surface area contributed by atoms with Crippen molar-refractivity contribution in [2.24, 2.45) is 0 Å². The number of carbonyl (C=O) groups is 1. The Kier molecular flexibility index (Phi) is 5.18. The summed E-state index contributed by atoms with van der Waals surface area (Å²) in [5.41, 5.74) is 3.72. The number of rotatable bonds is 6. The van der Waals surface area contributed by atoms with E-state index in [-0.39, 0.29) is 23.7 Å². The van der Waals surface area contributed by atoms with Gasteiger partial charge in [-0.2, -0.15) is 10.4 Å². The third kappa shape index (κ3) is 3.86. The topological polar surface area (TPSA) is 93.1 Å². The van der Waals surface area contributed by atoms with Crippen LogP contribution in [0.2, 0.25) is 0 Å². The van der Waals surface area contributed by atoms with Gasteiger partial charge in [0.15, 0.2) is 11.6 Å². The van der Waals surface area contributed by atoms with Crippen LogP contribution in [0, 0.1) is 11.3 Å². The SMILES string of the molecule is N#Cc1cnn(-c2ccccc2)c1NC(=O)c1ccc(COc2ccc3c(c2)CCC3)o1. The van der Waals surface area contributed by atoms with Crippen molar-refractivity contribution >= 4 is 11.7 Å². The molecule has 7 nitrogen and oxygen atoms in total. The fraction of sp³-hybridized carbons (Fsp3) is 0.160. The number of aryl methyl sites for hydroxylation is 2. The van der Waals surface area contributed by atoms with E-state index in [9.17, 15) is 10.1 Å². The van der Waals surface area contributed by atoms with Crippen LogP contribution >= 0.6 is 0 Å². The van der Waals surface area contributed by atoms with Crippen molar-refractivity contribution in [3.05, 3.63) is 95.1 Å². The zero-order chi connectivity index (χ0) is 21.9. The molecule has 1 N–H and O–H groups in total. The van der Waals surface area contributed by atoms with E-state index in [1.54, 1.807) is 12.1 Å². The fourth-order valence-corrected chi connectivity index (χ4v) is 3.85. The van der Waals surface area contributed by atoms with Gasteiger partial charge in [0.2, 0.25) is 0 Å². The lowest BCUT2D eigenvalue weighted by atomic mass is 10.1. The Labute approximate surface area is 184 Å². The van der Waals surface area contributed by atoms with Crippen molar-refractivity contribution in [2.75, 3.05) is 5.32 Å². The summed E-state index contributed by atoms with van der Waals surface area (Å²) in [5.74, 6) is 1.27. The Morgan fingerprint density at radius 1 is 1.12 bits per heavy atom. The molecule has 0 saturated carbocycles. The van der Waals surface area contributed by atoms with E-state index in [2.05, 4.69) is 28.6 Å². The normalized spacial score (nSPS) is 12.2. The number of hydrogen-bond donors (Lipinski definition) is 1. The first-order valence-electron chi connectivity index (χ1n) is 10.4. The molecular formula is C25H20N4O3. The van der Waals surface area contributed by atoms with Gasteiger partial charge in [-0.05, 0) is 66.8 Å². The molecule has 1 aliphatic carbocycles. The maximum absolute atomic E-state index is 12.8. The Morgan fingerprint density at radius 3 is 2.81 bits per heavy atom. The summed E-state index contributed by atoms with van der Waals surface area (Å²) in [5, 5.41) is 16.4. The highest BCUT2D eigenvalue weighted by atomic mass is 16.5. The van der Waals surface area contributed by atoms with Crippen molar-refractivity contribution in [2.45, 2.75) is 25.9 Å². The number of anilines is 1. The minimum absolute atomic E-state index is 0.127. The molecule has 0 bridgehead atoms. The third-order valence-electron chi connectivity index (χ3n) is 5.46. The van der Waals surface area contributed by atoms with Crippen LogP contribution in [0.4, 0.5) is 5.82 Å². The smallest absolute Gasteiger partial charge is 0.292 e. The van der Waals surface area contributed by atoms with Gasteiger partial charge in [0.25, 0.3) is 5.91 Å². The predicted octanol–water partition coefficient (Wildman–Crippen LogP) is 4.66. The number of ether oxygens (including phenoxy) is 1. The summed E-state index contributed by atoms with van der Waals surface area (Å²) in [7, 11) is 0. The van der Waals surface area contributed by atoms with Crippen LogP contribution in [-0.2, 0) is 19.4 Å². The largest absolute Gasteiger partial charge is 0.486 e. The molecule has 2 aromatic carbocycles.